The van der Waals surface area contributed by atoms with Crippen LogP contribution in [0.5, 0.6) is 0 Å². The van der Waals surface area contributed by atoms with E-state index in [-0.39, 0.29) is 18.0 Å². The van der Waals surface area contributed by atoms with Crippen LogP contribution in [0.25, 0.3) is 0 Å². The molecule has 1 aliphatic heterocycles. The highest BCUT2D eigenvalue weighted by atomic mass is 16.2. The first-order chi connectivity index (χ1) is 10.1. The molecule has 5 heteroatoms. The number of benzene rings is 1. The summed E-state index contributed by atoms with van der Waals surface area (Å²) >= 11 is 0. The highest BCUT2D eigenvalue weighted by molar-refractivity contribution is 5.97. The van der Waals surface area contributed by atoms with Crippen LogP contribution in [0.3, 0.4) is 0 Å². The van der Waals surface area contributed by atoms with Crippen LogP contribution >= 0.6 is 0 Å². The third-order valence-electron chi connectivity index (χ3n) is 4.02. The largest absolute Gasteiger partial charge is 0.346 e. The fraction of sp³-hybridized carbons (Fsp3) is 0.438. The van der Waals surface area contributed by atoms with E-state index in [9.17, 15) is 9.59 Å². The number of fused-ring (bicyclic) bond motifs is 1. The fourth-order valence-corrected chi connectivity index (χ4v) is 2.81. The zero-order valence-electron chi connectivity index (χ0n) is 12.4. The van der Waals surface area contributed by atoms with E-state index in [1.165, 1.54) is 4.68 Å². The first-order valence-corrected chi connectivity index (χ1v) is 7.33. The van der Waals surface area contributed by atoms with Gasteiger partial charge in [0.25, 0.3) is 0 Å². The van der Waals surface area contributed by atoms with Gasteiger partial charge in [0, 0.05) is 18.5 Å². The Balaban J connectivity index is 1.90. The molecule has 0 spiro atoms. The van der Waals surface area contributed by atoms with E-state index < -0.39 is 0 Å². The van der Waals surface area contributed by atoms with E-state index in [2.05, 4.69) is 5.10 Å². The molecule has 0 saturated heterocycles. The van der Waals surface area contributed by atoms with Gasteiger partial charge in [-0.15, -0.1) is 0 Å². The Morgan fingerprint density at radius 2 is 2.10 bits per heavy atom. The smallest absolute Gasteiger partial charge is 0.292 e. The molecule has 0 amide bonds. The number of nitrogens with zero attached hydrogens (tertiary/aromatic N) is 3. The average molecular weight is 285 g/mol. The van der Waals surface area contributed by atoms with Crippen LogP contribution in [-0.4, -0.2) is 20.1 Å². The van der Waals surface area contributed by atoms with Crippen molar-refractivity contribution in [3.63, 3.8) is 0 Å². The highest BCUT2D eigenvalue weighted by Gasteiger charge is 2.19. The van der Waals surface area contributed by atoms with Crippen molar-refractivity contribution in [2.45, 2.75) is 46.2 Å². The molecule has 0 N–H and O–H groups in total. The van der Waals surface area contributed by atoms with Crippen molar-refractivity contribution in [3.8, 4) is 0 Å². The molecule has 0 unspecified atom stereocenters. The molecule has 1 aromatic carbocycles. The molecule has 0 aliphatic carbocycles. The van der Waals surface area contributed by atoms with Gasteiger partial charge in [0.2, 0.25) is 0 Å². The molecule has 2 aromatic rings. The maximum absolute atomic E-state index is 12.4. The van der Waals surface area contributed by atoms with Gasteiger partial charge < -0.3 is 0 Å². The van der Waals surface area contributed by atoms with Gasteiger partial charge in [-0.25, -0.2) is 9.48 Å². The number of hydrogen-bond donors (Lipinski definition) is 0. The van der Waals surface area contributed by atoms with Crippen molar-refractivity contribution in [2.75, 3.05) is 0 Å². The summed E-state index contributed by atoms with van der Waals surface area (Å²) in [6.45, 7) is 4.60. The molecule has 1 aromatic heterocycles. The highest BCUT2D eigenvalue weighted by Crippen LogP contribution is 2.13. The molecule has 0 fully saturated rings. The van der Waals surface area contributed by atoms with Crippen LogP contribution in [0.15, 0.2) is 23.0 Å². The maximum Gasteiger partial charge on any atom is 0.346 e. The van der Waals surface area contributed by atoms with Gasteiger partial charge in [-0.05, 0) is 38.3 Å². The van der Waals surface area contributed by atoms with Crippen LogP contribution in [0.4, 0.5) is 0 Å². The molecule has 0 radical (unpaired) electrons. The van der Waals surface area contributed by atoms with Crippen molar-refractivity contribution in [2.24, 2.45) is 0 Å². The summed E-state index contributed by atoms with van der Waals surface area (Å²) in [7, 11) is 0. The first kappa shape index (κ1) is 13.8. The summed E-state index contributed by atoms with van der Waals surface area (Å²) < 4.78 is 3.00. The number of aryl methyl sites for hydroxylation is 3. The lowest BCUT2D eigenvalue weighted by molar-refractivity contribution is 0.0965. The lowest BCUT2D eigenvalue weighted by Crippen LogP contribution is -2.29. The van der Waals surface area contributed by atoms with Gasteiger partial charge in [-0.1, -0.05) is 17.7 Å². The Labute approximate surface area is 123 Å². The lowest BCUT2D eigenvalue weighted by Gasteiger charge is -2.09. The summed E-state index contributed by atoms with van der Waals surface area (Å²) in [5.74, 6) is 0.744. The Kier molecular flexibility index (Phi) is 3.49. The second-order valence-corrected chi connectivity index (χ2v) is 5.71. The standard InChI is InChI=1S/C16H19N3O2/c1-11-6-7-12(2)13(9-11)14(20)10-19-16(21)18-8-4-3-5-15(18)17-19/h6-7,9H,3-5,8,10H2,1-2H3. The number of Topliss-reactive ketones (excluding diaryl/α,β-unsaturated/α-hetero) is 1. The molecule has 1 aliphatic rings. The summed E-state index contributed by atoms with van der Waals surface area (Å²) in [5.41, 5.74) is 2.49. The number of carbonyl (C=O) groups excluding carboxylic acids is 1. The van der Waals surface area contributed by atoms with Crippen LogP contribution < -0.4 is 5.69 Å². The Bertz CT molecular complexity index is 755. The Morgan fingerprint density at radius 1 is 1.29 bits per heavy atom. The predicted molar refractivity (Wildman–Crippen MR) is 79.7 cm³/mol. The Hall–Kier alpha value is -2.17. The molecule has 5 nitrogen and oxygen atoms in total. The average Bonchev–Trinajstić information content (AvgIpc) is 2.78. The summed E-state index contributed by atoms with van der Waals surface area (Å²) in [6, 6.07) is 5.79. The van der Waals surface area contributed by atoms with Crippen LogP contribution in [0.1, 0.15) is 40.2 Å². The van der Waals surface area contributed by atoms with Gasteiger partial charge in [0.05, 0.1) is 0 Å². The lowest BCUT2D eigenvalue weighted by atomic mass is 10.0. The summed E-state index contributed by atoms with van der Waals surface area (Å²) in [5, 5.41) is 4.31. The zero-order chi connectivity index (χ0) is 15.0. The van der Waals surface area contributed by atoms with Crippen LogP contribution in [0, 0.1) is 13.8 Å². The van der Waals surface area contributed by atoms with Gasteiger partial charge >= 0.3 is 5.69 Å². The summed E-state index contributed by atoms with van der Waals surface area (Å²) in [6.07, 6.45) is 2.88. The monoisotopic (exact) mass is 285 g/mol. The first-order valence-electron chi connectivity index (χ1n) is 7.33. The van der Waals surface area contributed by atoms with Crippen molar-refractivity contribution in [3.05, 3.63) is 51.2 Å². The third kappa shape index (κ3) is 2.55. The molecule has 3 rings (SSSR count). The number of ketones is 1. The molecule has 0 atom stereocenters. The topological polar surface area (TPSA) is 56.9 Å². The second kappa shape index (κ2) is 5.31. The van der Waals surface area contributed by atoms with Gasteiger partial charge in [0.1, 0.15) is 12.4 Å². The fourth-order valence-electron chi connectivity index (χ4n) is 2.81. The molecule has 0 saturated carbocycles. The number of rotatable bonds is 3. The van der Waals surface area contributed by atoms with Gasteiger partial charge in [-0.3, -0.25) is 9.36 Å². The minimum absolute atomic E-state index is 0.0170. The van der Waals surface area contributed by atoms with E-state index in [1.807, 2.05) is 32.0 Å². The Morgan fingerprint density at radius 3 is 2.86 bits per heavy atom. The quantitative estimate of drug-likeness (QED) is 0.809. The number of hydrogen-bond acceptors (Lipinski definition) is 3. The molecule has 2 heterocycles. The number of carbonyl (C=O) groups is 1. The SMILES string of the molecule is Cc1ccc(C)c(C(=O)Cn2nc3n(c2=O)CCCC3)c1. The normalized spacial score (nSPS) is 14.0. The minimum Gasteiger partial charge on any atom is -0.292 e. The summed E-state index contributed by atoms with van der Waals surface area (Å²) in [4.78, 5) is 24.7. The predicted octanol–water partition coefficient (Wildman–Crippen LogP) is 1.88. The maximum atomic E-state index is 12.4. The van der Waals surface area contributed by atoms with Crippen molar-refractivity contribution in [1.29, 1.82) is 0 Å². The number of aromatic nitrogens is 3. The third-order valence-corrected chi connectivity index (χ3v) is 4.02. The van der Waals surface area contributed by atoms with Crippen molar-refractivity contribution < 1.29 is 4.79 Å². The van der Waals surface area contributed by atoms with Gasteiger partial charge in [-0.2, -0.15) is 5.10 Å². The van der Waals surface area contributed by atoms with E-state index in [4.69, 9.17) is 0 Å². The van der Waals surface area contributed by atoms with Crippen LogP contribution in [0.2, 0.25) is 0 Å². The van der Waals surface area contributed by atoms with Crippen LogP contribution in [-0.2, 0) is 19.5 Å². The van der Waals surface area contributed by atoms with Crippen molar-refractivity contribution >= 4 is 5.78 Å². The molecule has 110 valence electrons. The second-order valence-electron chi connectivity index (χ2n) is 5.71. The zero-order valence-corrected chi connectivity index (χ0v) is 12.4. The van der Waals surface area contributed by atoms with E-state index in [0.29, 0.717) is 12.1 Å². The van der Waals surface area contributed by atoms with E-state index >= 15 is 0 Å². The molecular weight excluding hydrogens is 266 g/mol. The minimum atomic E-state index is -0.164. The molecule has 0 bridgehead atoms. The van der Waals surface area contributed by atoms with E-state index in [1.54, 1.807) is 4.57 Å². The van der Waals surface area contributed by atoms with Gasteiger partial charge in [0.15, 0.2) is 5.78 Å². The molecular formula is C16H19N3O2. The molecule has 21 heavy (non-hydrogen) atoms. The van der Waals surface area contributed by atoms with Crippen molar-refractivity contribution in [1.82, 2.24) is 14.3 Å². The van der Waals surface area contributed by atoms with E-state index in [0.717, 1.165) is 36.2 Å².